The third kappa shape index (κ3) is 5.11. The van der Waals surface area contributed by atoms with E-state index in [2.05, 4.69) is 15.9 Å². The summed E-state index contributed by atoms with van der Waals surface area (Å²) in [5.41, 5.74) is 1.09. The van der Waals surface area contributed by atoms with Crippen molar-refractivity contribution in [2.45, 2.75) is 26.2 Å². The van der Waals surface area contributed by atoms with Crippen molar-refractivity contribution in [2.24, 2.45) is 5.92 Å². The van der Waals surface area contributed by atoms with Gasteiger partial charge >= 0.3 is 0 Å². The fourth-order valence-corrected chi connectivity index (χ4v) is 4.95. The zero-order chi connectivity index (χ0) is 13.6. The van der Waals surface area contributed by atoms with Crippen LogP contribution >= 0.6 is 15.9 Å². The second kappa shape index (κ2) is 7.29. The average Bonchev–Trinajstić information content (AvgIpc) is 2.36. The standard InChI is InChI=1S/C14H21BrO2S/c1-3-12(2)10-18(16,17)11-14(9-15)13-7-5-4-6-8-13/h4-8,12,14H,3,9-11H2,1-2H3. The van der Waals surface area contributed by atoms with Gasteiger partial charge in [0.05, 0.1) is 11.5 Å². The first-order chi connectivity index (χ1) is 8.48. The molecule has 0 aliphatic heterocycles. The average molecular weight is 333 g/mol. The van der Waals surface area contributed by atoms with Crippen molar-refractivity contribution in [2.75, 3.05) is 16.8 Å². The van der Waals surface area contributed by atoms with Gasteiger partial charge < -0.3 is 0 Å². The fourth-order valence-electron chi connectivity index (χ4n) is 1.88. The molecule has 0 saturated heterocycles. The van der Waals surface area contributed by atoms with Gasteiger partial charge in [0, 0.05) is 11.2 Å². The van der Waals surface area contributed by atoms with Crippen LogP contribution in [0.25, 0.3) is 0 Å². The van der Waals surface area contributed by atoms with Gasteiger partial charge in [-0.15, -0.1) is 0 Å². The van der Waals surface area contributed by atoms with E-state index < -0.39 is 9.84 Å². The highest BCUT2D eigenvalue weighted by Gasteiger charge is 2.21. The molecule has 0 amide bonds. The zero-order valence-electron chi connectivity index (χ0n) is 11.0. The summed E-state index contributed by atoms with van der Waals surface area (Å²) in [5.74, 6) is 0.800. The van der Waals surface area contributed by atoms with Gasteiger partial charge in [0.15, 0.2) is 9.84 Å². The maximum absolute atomic E-state index is 12.1. The van der Waals surface area contributed by atoms with Crippen LogP contribution < -0.4 is 0 Å². The molecule has 18 heavy (non-hydrogen) atoms. The molecule has 0 fully saturated rings. The number of rotatable bonds is 7. The lowest BCUT2D eigenvalue weighted by Gasteiger charge is -2.16. The van der Waals surface area contributed by atoms with Crippen molar-refractivity contribution in [1.29, 1.82) is 0 Å². The van der Waals surface area contributed by atoms with E-state index in [1.165, 1.54) is 0 Å². The van der Waals surface area contributed by atoms with E-state index in [4.69, 9.17) is 0 Å². The molecule has 0 heterocycles. The molecule has 0 aliphatic carbocycles. The second-order valence-electron chi connectivity index (χ2n) is 4.85. The molecule has 2 nitrogen and oxygen atoms in total. The molecule has 0 saturated carbocycles. The summed E-state index contributed by atoms with van der Waals surface area (Å²) in [4.78, 5) is 0. The minimum atomic E-state index is -2.98. The van der Waals surface area contributed by atoms with E-state index >= 15 is 0 Å². The van der Waals surface area contributed by atoms with Crippen LogP contribution in [0.4, 0.5) is 0 Å². The van der Waals surface area contributed by atoms with Crippen LogP contribution in [0.1, 0.15) is 31.7 Å². The normalized spacial score (nSPS) is 15.3. The van der Waals surface area contributed by atoms with Gasteiger partial charge in [-0.3, -0.25) is 0 Å². The lowest BCUT2D eigenvalue weighted by atomic mass is 10.0. The van der Waals surface area contributed by atoms with Crippen LogP contribution in [0.5, 0.6) is 0 Å². The number of sulfone groups is 1. The Morgan fingerprint density at radius 2 is 1.78 bits per heavy atom. The summed E-state index contributed by atoms with van der Waals surface area (Å²) in [6.07, 6.45) is 0.906. The molecule has 2 unspecified atom stereocenters. The van der Waals surface area contributed by atoms with Crippen molar-refractivity contribution in [3.05, 3.63) is 35.9 Å². The van der Waals surface area contributed by atoms with E-state index in [0.29, 0.717) is 11.1 Å². The minimum Gasteiger partial charge on any atom is -0.229 e. The highest BCUT2D eigenvalue weighted by molar-refractivity contribution is 9.09. The molecule has 1 rings (SSSR count). The second-order valence-corrected chi connectivity index (χ2v) is 7.65. The predicted octanol–water partition coefficient (Wildman–Crippen LogP) is 3.63. The summed E-state index contributed by atoms with van der Waals surface area (Å²) in [5, 5.41) is 0.677. The Labute approximate surface area is 119 Å². The van der Waals surface area contributed by atoms with Gasteiger partial charge in [-0.25, -0.2) is 8.42 Å². The molecular formula is C14H21BrO2S. The van der Waals surface area contributed by atoms with Crippen molar-refractivity contribution >= 4 is 25.8 Å². The molecule has 1 aromatic carbocycles. The zero-order valence-corrected chi connectivity index (χ0v) is 13.4. The topological polar surface area (TPSA) is 34.1 Å². The van der Waals surface area contributed by atoms with Gasteiger partial charge in [-0.2, -0.15) is 0 Å². The van der Waals surface area contributed by atoms with Crippen molar-refractivity contribution in [1.82, 2.24) is 0 Å². The number of hydrogen-bond donors (Lipinski definition) is 0. The predicted molar refractivity (Wildman–Crippen MR) is 81.1 cm³/mol. The van der Waals surface area contributed by atoms with Gasteiger partial charge in [0.2, 0.25) is 0 Å². The van der Waals surface area contributed by atoms with E-state index in [9.17, 15) is 8.42 Å². The van der Waals surface area contributed by atoms with Crippen LogP contribution in [0.2, 0.25) is 0 Å². The monoisotopic (exact) mass is 332 g/mol. The summed E-state index contributed by atoms with van der Waals surface area (Å²) in [6.45, 7) is 4.02. The first kappa shape index (κ1) is 15.7. The molecule has 0 radical (unpaired) electrons. The van der Waals surface area contributed by atoms with E-state index in [-0.39, 0.29) is 17.6 Å². The fraction of sp³-hybridized carbons (Fsp3) is 0.571. The summed E-state index contributed by atoms with van der Waals surface area (Å²) in [7, 11) is -2.98. The summed E-state index contributed by atoms with van der Waals surface area (Å²) < 4.78 is 24.2. The molecule has 0 aromatic heterocycles. The Morgan fingerprint density at radius 3 is 2.28 bits per heavy atom. The number of halogens is 1. The Hall–Kier alpha value is -0.350. The van der Waals surface area contributed by atoms with Gasteiger partial charge in [-0.05, 0) is 11.5 Å². The van der Waals surface area contributed by atoms with Crippen LogP contribution in [-0.2, 0) is 9.84 Å². The Bertz CT molecular complexity index is 442. The number of alkyl halides is 1. The van der Waals surface area contributed by atoms with Crippen LogP contribution in [0.3, 0.4) is 0 Å². The van der Waals surface area contributed by atoms with E-state index in [1.807, 2.05) is 44.2 Å². The Kier molecular flexibility index (Phi) is 6.36. The minimum absolute atomic E-state index is 0.0419. The Morgan fingerprint density at radius 1 is 1.17 bits per heavy atom. The van der Waals surface area contributed by atoms with Gasteiger partial charge in [0.25, 0.3) is 0 Å². The molecule has 2 atom stereocenters. The molecule has 0 bridgehead atoms. The highest BCUT2D eigenvalue weighted by atomic mass is 79.9. The molecular weight excluding hydrogens is 312 g/mol. The lowest BCUT2D eigenvalue weighted by Crippen LogP contribution is -2.22. The van der Waals surface area contributed by atoms with Crippen molar-refractivity contribution < 1.29 is 8.42 Å². The van der Waals surface area contributed by atoms with Crippen LogP contribution in [0, 0.1) is 5.92 Å². The largest absolute Gasteiger partial charge is 0.229 e. The molecule has 0 spiro atoms. The molecule has 0 aliphatic rings. The first-order valence-electron chi connectivity index (χ1n) is 6.29. The van der Waals surface area contributed by atoms with Crippen LogP contribution in [0.15, 0.2) is 30.3 Å². The molecule has 102 valence electrons. The SMILES string of the molecule is CCC(C)CS(=O)(=O)CC(CBr)c1ccccc1. The van der Waals surface area contributed by atoms with E-state index in [1.54, 1.807) is 0 Å². The highest BCUT2D eigenvalue weighted by Crippen LogP contribution is 2.21. The summed E-state index contributed by atoms with van der Waals surface area (Å²) >= 11 is 3.42. The quantitative estimate of drug-likeness (QED) is 0.714. The van der Waals surface area contributed by atoms with Crippen molar-refractivity contribution in [3.8, 4) is 0 Å². The molecule has 1 aromatic rings. The van der Waals surface area contributed by atoms with Crippen LogP contribution in [-0.4, -0.2) is 25.3 Å². The van der Waals surface area contributed by atoms with E-state index in [0.717, 1.165) is 12.0 Å². The Balaban J connectivity index is 2.75. The number of benzene rings is 1. The van der Waals surface area contributed by atoms with Gasteiger partial charge in [0.1, 0.15) is 0 Å². The maximum Gasteiger partial charge on any atom is 0.151 e. The molecule has 4 heteroatoms. The lowest BCUT2D eigenvalue weighted by molar-refractivity contribution is 0.560. The molecule has 0 N–H and O–H groups in total. The van der Waals surface area contributed by atoms with Gasteiger partial charge in [-0.1, -0.05) is 66.5 Å². The third-order valence-corrected chi connectivity index (χ3v) is 5.92. The van der Waals surface area contributed by atoms with Crippen molar-refractivity contribution in [3.63, 3.8) is 0 Å². The number of hydrogen-bond acceptors (Lipinski definition) is 2. The third-order valence-electron chi connectivity index (χ3n) is 3.15. The maximum atomic E-state index is 12.1. The smallest absolute Gasteiger partial charge is 0.151 e. The summed E-state index contributed by atoms with van der Waals surface area (Å²) in [6, 6.07) is 9.83. The first-order valence-corrected chi connectivity index (χ1v) is 9.24.